The molecule has 1 N–H and O–H groups in total. The van der Waals surface area contributed by atoms with Crippen LogP contribution in [0.15, 0.2) is 24.3 Å². The summed E-state index contributed by atoms with van der Waals surface area (Å²) in [5.41, 5.74) is 3.19. The Bertz CT molecular complexity index is 367. The third-order valence-electron chi connectivity index (χ3n) is 4.43. The Hall–Kier alpha value is -0.820. The zero-order chi connectivity index (χ0) is 11.0. The Labute approximate surface area is 98.3 Å². The predicted molar refractivity (Wildman–Crippen MR) is 67.7 cm³/mol. The minimum atomic E-state index is 0.744. The van der Waals surface area contributed by atoms with Crippen LogP contribution < -0.4 is 5.32 Å². The fraction of sp³-hybridized carbons (Fsp3) is 0.600. The highest BCUT2D eigenvalue weighted by atomic mass is 14.9. The summed E-state index contributed by atoms with van der Waals surface area (Å²) in [4.78, 5) is 0. The second kappa shape index (κ2) is 4.21. The third kappa shape index (κ3) is 1.58. The van der Waals surface area contributed by atoms with E-state index in [-0.39, 0.29) is 0 Å². The van der Waals surface area contributed by atoms with Crippen molar-refractivity contribution in [1.82, 2.24) is 5.32 Å². The average molecular weight is 215 g/mol. The van der Waals surface area contributed by atoms with Gasteiger partial charge in [0.1, 0.15) is 0 Å². The second-order valence-corrected chi connectivity index (χ2v) is 5.28. The Morgan fingerprint density at radius 1 is 1.31 bits per heavy atom. The number of hydrogen-bond acceptors (Lipinski definition) is 1. The average Bonchev–Trinajstić information content (AvgIpc) is 2.17. The van der Waals surface area contributed by atoms with E-state index in [0.717, 1.165) is 24.4 Å². The predicted octanol–water partition coefficient (Wildman–Crippen LogP) is 3.10. The summed E-state index contributed by atoms with van der Waals surface area (Å²) in [5.74, 6) is 1.74. The molecule has 0 aliphatic heterocycles. The molecule has 86 valence electrons. The van der Waals surface area contributed by atoms with Crippen LogP contribution in [0.5, 0.6) is 0 Å². The van der Waals surface area contributed by atoms with Gasteiger partial charge in [-0.3, -0.25) is 0 Å². The van der Waals surface area contributed by atoms with Gasteiger partial charge in [-0.1, -0.05) is 37.6 Å². The lowest BCUT2D eigenvalue weighted by atomic mass is 9.66. The molecule has 2 aliphatic carbocycles. The Balaban J connectivity index is 1.76. The van der Waals surface area contributed by atoms with Crippen molar-refractivity contribution in [2.45, 2.75) is 44.6 Å². The molecule has 1 heteroatoms. The van der Waals surface area contributed by atoms with Crippen molar-refractivity contribution in [1.29, 1.82) is 0 Å². The van der Waals surface area contributed by atoms with Crippen molar-refractivity contribution in [3.8, 4) is 0 Å². The molecule has 2 atom stereocenters. The van der Waals surface area contributed by atoms with Gasteiger partial charge in [0.05, 0.1) is 0 Å². The first kappa shape index (κ1) is 10.3. The van der Waals surface area contributed by atoms with Gasteiger partial charge in [-0.15, -0.1) is 0 Å². The van der Waals surface area contributed by atoms with Gasteiger partial charge in [0.15, 0.2) is 0 Å². The molecular weight excluding hydrogens is 194 g/mol. The van der Waals surface area contributed by atoms with E-state index in [1.165, 1.54) is 25.7 Å². The van der Waals surface area contributed by atoms with E-state index in [0.29, 0.717) is 0 Å². The molecule has 0 bridgehead atoms. The van der Waals surface area contributed by atoms with Crippen LogP contribution in [0.2, 0.25) is 0 Å². The van der Waals surface area contributed by atoms with E-state index in [9.17, 15) is 0 Å². The van der Waals surface area contributed by atoms with E-state index in [1.807, 2.05) is 0 Å². The minimum absolute atomic E-state index is 0.744. The van der Waals surface area contributed by atoms with Gasteiger partial charge in [-0.2, -0.15) is 0 Å². The topological polar surface area (TPSA) is 12.0 Å². The summed E-state index contributed by atoms with van der Waals surface area (Å²) < 4.78 is 0. The van der Waals surface area contributed by atoms with Crippen molar-refractivity contribution >= 4 is 0 Å². The van der Waals surface area contributed by atoms with Crippen LogP contribution in [-0.4, -0.2) is 12.6 Å². The lowest BCUT2D eigenvalue weighted by Gasteiger charge is -2.44. The van der Waals surface area contributed by atoms with E-state index in [1.54, 1.807) is 11.1 Å². The van der Waals surface area contributed by atoms with Gasteiger partial charge < -0.3 is 5.32 Å². The lowest BCUT2D eigenvalue weighted by molar-refractivity contribution is 0.195. The minimum Gasteiger partial charge on any atom is -0.313 e. The molecule has 0 spiro atoms. The molecule has 2 unspecified atom stereocenters. The molecule has 1 fully saturated rings. The number of benzene rings is 1. The molecule has 1 nitrogen and oxygen atoms in total. The van der Waals surface area contributed by atoms with Gasteiger partial charge in [0.25, 0.3) is 0 Å². The van der Waals surface area contributed by atoms with Gasteiger partial charge in [-0.05, 0) is 42.9 Å². The van der Waals surface area contributed by atoms with Gasteiger partial charge >= 0.3 is 0 Å². The van der Waals surface area contributed by atoms with E-state index >= 15 is 0 Å². The van der Waals surface area contributed by atoms with Crippen molar-refractivity contribution in [2.24, 2.45) is 5.92 Å². The molecular formula is C15H21N. The molecule has 0 aromatic heterocycles. The molecule has 0 saturated heterocycles. The van der Waals surface area contributed by atoms with Crippen LogP contribution in [0.4, 0.5) is 0 Å². The Morgan fingerprint density at radius 3 is 2.75 bits per heavy atom. The van der Waals surface area contributed by atoms with Crippen LogP contribution in [-0.2, 0) is 6.42 Å². The normalized spacial score (nSPS) is 25.4. The molecule has 3 rings (SSSR count). The number of hydrogen-bond donors (Lipinski definition) is 1. The summed E-state index contributed by atoms with van der Waals surface area (Å²) >= 11 is 0. The summed E-state index contributed by atoms with van der Waals surface area (Å²) in [7, 11) is 0. The van der Waals surface area contributed by atoms with E-state index in [2.05, 4.69) is 36.5 Å². The highest BCUT2D eigenvalue weighted by Crippen LogP contribution is 2.43. The van der Waals surface area contributed by atoms with Crippen LogP contribution >= 0.6 is 0 Å². The maximum Gasteiger partial charge on any atom is 0.0167 e. The monoisotopic (exact) mass is 215 g/mol. The molecule has 2 aliphatic rings. The van der Waals surface area contributed by atoms with Crippen molar-refractivity contribution in [2.75, 3.05) is 6.54 Å². The maximum absolute atomic E-state index is 3.73. The van der Waals surface area contributed by atoms with Gasteiger partial charge in [0.2, 0.25) is 0 Å². The first-order valence-electron chi connectivity index (χ1n) is 6.71. The van der Waals surface area contributed by atoms with Crippen LogP contribution in [0.25, 0.3) is 0 Å². The quantitative estimate of drug-likeness (QED) is 0.813. The molecule has 1 aromatic carbocycles. The van der Waals surface area contributed by atoms with Crippen molar-refractivity contribution in [3.05, 3.63) is 35.4 Å². The summed E-state index contributed by atoms with van der Waals surface area (Å²) in [5, 5.41) is 3.73. The summed E-state index contributed by atoms with van der Waals surface area (Å²) in [6.07, 6.45) is 5.62. The zero-order valence-electron chi connectivity index (χ0n) is 10.1. The largest absolute Gasteiger partial charge is 0.313 e. The summed E-state index contributed by atoms with van der Waals surface area (Å²) in [6.45, 7) is 3.34. The molecule has 1 aromatic rings. The van der Waals surface area contributed by atoms with Crippen LogP contribution in [0.3, 0.4) is 0 Å². The number of nitrogens with one attached hydrogen (secondary N) is 1. The molecule has 1 saturated carbocycles. The van der Waals surface area contributed by atoms with E-state index < -0.39 is 0 Å². The molecule has 0 heterocycles. The third-order valence-corrected chi connectivity index (χ3v) is 4.43. The van der Waals surface area contributed by atoms with Crippen molar-refractivity contribution < 1.29 is 0 Å². The fourth-order valence-electron chi connectivity index (χ4n) is 3.29. The van der Waals surface area contributed by atoms with Crippen LogP contribution in [0, 0.1) is 5.92 Å². The fourth-order valence-corrected chi connectivity index (χ4v) is 3.29. The Morgan fingerprint density at radius 2 is 2.12 bits per heavy atom. The molecule has 0 amide bonds. The standard InChI is InChI=1S/C15H21N/c1-2-16-15(11-7-5-8-11)14-10-12-6-3-4-9-13(12)14/h3-4,6,9,11,14-16H,2,5,7-8,10H2,1H3. The van der Waals surface area contributed by atoms with Gasteiger partial charge in [-0.25, -0.2) is 0 Å². The molecule has 0 radical (unpaired) electrons. The smallest absolute Gasteiger partial charge is 0.0167 e. The highest BCUT2D eigenvalue weighted by Gasteiger charge is 2.38. The molecule has 16 heavy (non-hydrogen) atoms. The zero-order valence-corrected chi connectivity index (χ0v) is 10.1. The van der Waals surface area contributed by atoms with E-state index in [4.69, 9.17) is 0 Å². The summed E-state index contributed by atoms with van der Waals surface area (Å²) in [6, 6.07) is 9.71. The first-order valence-corrected chi connectivity index (χ1v) is 6.71. The van der Waals surface area contributed by atoms with Gasteiger partial charge in [0, 0.05) is 12.0 Å². The number of likely N-dealkylation sites (N-methyl/N-ethyl adjacent to an activating group) is 1. The van der Waals surface area contributed by atoms with Crippen molar-refractivity contribution in [3.63, 3.8) is 0 Å². The second-order valence-electron chi connectivity index (χ2n) is 5.28. The Kier molecular flexibility index (Phi) is 2.72. The lowest BCUT2D eigenvalue weighted by Crippen LogP contribution is -2.47. The maximum atomic E-state index is 3.73. The SMILES string of the molecule is CCNC(C1CCC1)C1Cc2ccccc21. The van der Waals surface area contributed by atoms with Crippen LogP contribution in [0.1, 0.15) is 43.2 Å². The first-order chi connectivity index (χ1) is 7.90. The number of rotatable bonds is 4. The number of fused-ring (bicyclic) bond motifs is 1. The highest BCUT2D eigenvalue weighted by molar-refractivity contribution is 5.41.